The van der Waals surface area contributed by atoms with E-state index < -0.39 is 11.6 Å². The molecular weight excluding hydrogens is 452 g/mol. The van der Waals surface area contributed by atoms with Crippen LogP contribution in [-0.2, 0) is 4.79 Å². The summed E-state index contributed by atoms with van der Waals surface area (Å²) in [6.45, 7) is 11.3. The third-order valence-electron chi connectivity index (χ3n) is 5.80. The second kappa shape index (κ2) is 9.54. The summed E-state index contributed by atoms with van der Waals surface area (Å²) in [4.78, 5) is 36.2. The van der Waals surface area contributed by atoms with Crippen LogP contribution < -0.4 is 9.64 Å². The lowest BCUT2D eigenvalue weighted by Gasteiger charge is -2.27. The largest absolute Gasteiger partial charge is 0.494 e. The van der Waals surface area contributed by atoms with Crippen molar-refractivity contribution in [3.63, 3.8) is 0 Å². The Morgan fingerprint density at radius 1 is 1.03 bits per heavy atom. The van der Waals surface area contributed by atoms with Gasteiger partial charge in [0.05, 0.1) is 18.9 Å². The van der Waals surface area contributed by atoms with Crippen LogP contribution in [0.3, 0.4) is 0 Å². The molecule has 1 aliphatic heterocycles. The quantitative estimate of drug-likeness (QED) is 0.240. The van der Waals surface area contributed by atoms with Gasteiger partial charge in [0.1, 0.15) is 11.3 Å². The van der Waals surface area contributed by atoms with Crippen molar-refractivity contribution in [2.24, 2.45) is 0 Å². The molecule has 0 atom stereocenters. The third kappa shape index (κ3) is 4.45. The number of hydrogen-bond acceptors (Lipinski definition) is 4. The predicted octanol–water partition coefficient (Wildman–Crippen LogP) is 5.97. The number of rotatable bonds is 7. The van der Waals surface area contributed by atoms with Crippen LogP contribution in [0.5, 0.6) is 5.75 Å². The maximum Gasteiger partial charge on any atom is 0.332 e. The maximum atomic E-state index is 13.1. The van der Waals surface area contributed by atoms with Crippen LogP contribution in [0, 0.1) is 6.57 Å². The molecule has 0 aliphatic carbocycles. The fourth-order valence-electron chi connectivity index (χ4n) is 3.86. The zero-order valence-corrected chi connectivity index (χ0v) is 19.6. The van der Waals surface area contributed by atoms with Gasteiger partial charge in [-0.2, -0.15) is 0 Å². The van der Waals surface area contributed by atoms with Crippen LogP contribution in [0.25, 0.3) is 16.0 Å². The van der Waals surface area contributed by atoms with Gasteiger partial charge >= 0.3 is 6.03 Å². The molecule has 7 nitrogen and oxygen atoms in total. The number of carbonyl (C=O) groups excluding carboxylic acids is 2. The van der Waals surface area contributed by atoms with Crippen LogP contribution in [0.2, 0.25) is 5.02 Å². The SMILES string of the molecule is [C-]#[N+]c1ccc(N2C(=O)N(CCCOc3ccc(-c4ccncc4)cc3)C(C)(C)C2=O)cc1Cl. The first-order chi connectivity index (χ1) is 16.3. The number of halogens is 1. The van der Waals surface area contributed by atoms with Gasteiger partial charge in [-0.3, -0.25) is 9.78 Å². The number of nitrogens with zero attached hydrogens (tertiary/aromatic N) is 4. The highest BCUT2D eigenvalue weighted by molar-refractivity contribution is 6.34. The van der Waals surface area contributed by atoms with Gasteiger partial charge in [0, 0.05) is 24.0 Å². The van der Waals surface area contributed by atoms with Gasteiger partial charge in [-0.1, -0.05) is 29.8 Å². The molecule has 0 spiro atoms. The third-order valence-corrected chi connectivity index (χ3v) is 6.10. The first-order valence-electron chi connectivity index (χ1n) is 10.8. The molecule has 0 saturated carbocycles. The number of pyridine rings is 1. The number of imide groups is 1. The van der Waals surface area contributed by atoms with Crippen LogP contribution in [0.15, 0.2) is 67.0 Å². The van der Waals surface area contributed by atoms with E-state index in [1.54, 1.807) is 37.2 Å². The molecule has 3 aromatic rings. The van der Waals surface area contributed by atoms with Gasteiger partial charge in [0.25, 0.3) is 5.91 Å². The van der Waals surface area contributed by atoms with Crippen molar-refractivity contribution >= 4 is 34.9 Å². The Morgan fingerprint density at radius 2 is 1.71 bits per heavy atom. The smallest absolute Gasteiger partial charge is 0.332 e. The van der Waals surface area contributed by atoms with Crippen LogP contribution in [0.4, 0.5) is 16.2 Å². The van der Waals surface area contributed by atoms with Gasteiger partial charge in [-0.05, 0) is 67.8 Å². The number of anilines is 1. The van der Waals surface area contributed by atoms with Crippen LogP contribution >= 0.6 is 11.6 Å². The lowest BCUT2D eigenvalue weighted by atomic mass is 10.0. The minimum Gasteiger partial charge on any atom is -0.494 e. The summed E-state index contributed by atoms with van der Waals surface area (Å²) >= 11 is 6.12. The molecule has 1 aromatic heterocycles. The Balaban J connectivity index is 1.37. The number of aromatic nitrogens is 1. The van der Waals surface area contributed by atoms with Crippen molar-refractivity contribution in [1.82, 2.24) is 9.88 Å². The van der Waals surface area contributed by atoms with Gasteiger partial charge < -0.3 is 9.64 Å². The van der Waals surface area contributed by atoms with E-state index in [1.165, 1.54) is 12.1 Å². The summed E-state index contributed by atoms with van der Waals surface area (Å²) in [6.07, 6.45) is 4.06. The predicted molar refractivity (Wildman–Crippen MR) is 131 cm³/mol. The molecule has 3 amide bonds. The van der Waals surface area contributed by atoms with Crippen molar-refractivity contribution in [3.8, 4) is 16.9 Å². The Labute approximate surface area is 203 Å². The molecule has 2 heterocycles. The fourth-order valence-corrected chi connectivity index (χ4v) is 4.08. The lowest BCUT2D eigenvalue weighted by Crippen LogP contribution is -2.44. The number of carbonyl (C=O) groups is 2. The second-order valence-electron chi connectivity index (χ2n) is 8.34. The zero-order chi connectivity index (χ0) is 24.3. The summed E-state index contributed by atoms with van der Waals surface area (Å²) in [6, 6.07) is 15.8. The van der Waals surface area contributed by atoms with E-state index in [0.717, 1.165) is 21.8 Å². The van der Waals surface area contributed by atoms with Crippen molar-refractivity contribution in [3.05, 3.63) is 83.4 Å². The molecular formula is C26H23ClN4O3. The van der Waals surface area contributed by atoms with Crippen LogP contribution in [0.1, 0.15) is 20.3 Å². The molecule has 34 heavy (non-hydrogen) atoms. The minimum absolute atomic E-state index is 0.202. The fraction of sp³-hybridized carbons (Fsp3) is 0.231. The highest BCUT2D eigenvalue weighted by Crippen LogP contribution is 2.36. The average molecular weight is 475 g/mol. The van der Waals surface area contributed by atoms with Crippen molar-refractivity contribution in [1.29, 1.82) is 0 Å². The Hall–Kier alpha value is -3.89. The monoisotopic (exact) mass is 474 g/mol. The number of amides is 3. The summed E-state index contributed by atoms with van der Waals surface area (Å²) in [5.41, 5.74) is 1.77. The topological polar surface area (TPSA) is 67.1 Å². The molecule has 0 bridgehead atoms. The molecule has 0 unspecified atom stereocenters. The number of urea groups is 1. The molecule has 2 aromatic carbocycles. The van der Waals surface area contributed by atoms with Gasteiger partial charge in [-0.15, -0.1) is 0 Å². The normalized spacial score (nSPS) is 14.9. The molecule has 1 aliphatic rings. The number of benzene rings is 2. The van der Waals surface area contributed by atoms with Crippen molar-refractivity contribution in [2.75, 3.05) is 18.1 Å². The van der Waals surface area contributed by atoms with Crippen LogP contribution in [-0.4, -0.2) is 40.5 Å². The van der Waals surface area contributed by atoms with E-state index in [9.17, 15) is 9.59 Å². The standard InChI is InChI=1S/C26H23ClN4O3/c1-26(2)24(32)31(20-7-10-23(28-3)22(27)17-20)25(33)30(26)15-4-16-34-21-8-5-18(6-9-21)19-11-13-29-14-12-19/h5-14,17H,4,15-16H2,1-2H3. The van der Waals surface area contributed by atoms with Crippen molar-refractivity contribution in [2.45, 2.75) is 25.8 Å². The summed E-state index contributed by atoms with van der Waals surface area (Å²) < 4.78 is 5.85. The van der Waals surface area contributed by atoms with E-state index >= 15 is 0 Å². The Bertz CT molecular complexity index is 1250. The number of ether oxygens (including phenoxy) is 1. The molecule has 1 saturated heterocycles. The molecule has 4 rings (SSSR count). The molecule has 0 radical (unpaired) electrons. The molecule has 1 fully saturated rings. The maximum absolute atomic E-state index is 13.1. The minimum atomic E-state index is -1.01. The average Bonchev–Trinajstić information content (AvgIpc) is 3.01. The Kier molecular flexibility index (Phi) is 6.53. The first-order valence-corrected chi connectivity index (χ1v) is 11.2. The van der Waals surface area contributed by atoms with Gasteiger partial charge in [0.2, 0.25) is 5.69 Å². The van der Waals surface area contributed by atoms with E-state index in [1.807, 2.05) is 36.4 Å². The van der Waals surface area contributed by atoms with E-state index in [-0.39, 0.29) is 16.6 Å². The van der Waals surface area contributed by atoms with Gasteiger partial charge in [-0.25, -0.2) is 14.5 Å². The molecule has 0 N–H and O–H groups in total. The number of hydrogen-bond donors (Lipinski definition) is 0. The second-order valence-corrected chi connectivity index (χ2v) is 8.75. The summed E-state index contributed by atoms with van der Waals surface area (Å²) in [7, 11) is 0. The van der Waals surface area contributed by atoms with E-state index in [4.69, 9.17) is 22.9 Å². The zero-order valence-electron chi connectivity index (χ0n) is 18.9. The van der Waals surface area contributed by atoms with E-state index in [2.05, 4.69) is 9.83 Å². The van der Waals surface area contributed by atoms with Crippen molar-refractivity contribution < 1.29 is 14.3 Å². The highest BCUT2D eigenvalue weighted by Gasteiger charge is 2.51. The first kappa shape index (κ1) is 23.3. The van der Waals surface area contributed by atoms with Gasteiger partial charge in [0.15, 0.2) is 0 Å². The Morgan fingerprint density at radius 3 is 2.35 bits per heavy atom. The highest BCUT2D eigenvalue weighted by atomic mass is 35.5. The molecule has 8 heteroatoms. The molecule has 172 valence electrons. The lowest BCUT2D eigenvalue weighted by molar-refractivity contribution is -0.123. The summed E-state index contributed by atoms with van der Waals surface area (Å²) in [5, 5.41) is 0.202. The van der Waals surface area contributed by atoms with E-state index in [0.29, 0.717) is 25.3 Å². The summed E-state index contributed by atoms with van der Waals surface area (Å²) in [5.74, 6) is 0.397.